The van der Waals surface area contributed by atoms with Gasteiger partial charge in [0.1, 0.15) is 11.4 Å². The summed E-state index contributed by atoms with van der Waals surface area (Å²) in [6.07, 6.45) is 3.97. The minimum Gasteiger partial charge on any atom is -0.455 e. The van der Waals surface area contributed by atoms with Gasteiger partial charge in [-0.15, -0.1) is 6.58 Å². The van der Waals surface area contributed by atoms with E-state index in [0.717, 1.165) is 5.56 Å². The molecule has 0 unspecified atom stereocenters. The predicted octanol–water partition coefficient (Wildman–Crippen LogP) is 4.17. The molecule has 0 N–H and O–H groups in total. The van der Waals surface area contributed by atoms with Crippen LogP contribution in [0.3, 0.4) is 0 Å². The number of carbonyl (C=O) groups excluding carboxylic acids is 1. The van der Waals surface area contributed by atoms with Crippen LogP contribution >= 0.6 is 0 Å². The molecule has 94 valence electrons. The Bertz CT molecular complexity index is 614. The highest BCUT2D eigenvalue weighted by Crippen LogP contribution is 2.35. The largest absolute Gasteiger partial charge is 0.455 e. The Balaban J connectivity index is 2.45. The van der Waals surface area contributed by atoms with Crippen LogP contribution in [0.2, 0.25) is 0 Å². The highest BCUT2D eigenvalue weighted by Gasteiger charge is 2.09. The average Bonchev–Trinajstić information content (AvgIpc) is 2.44. The van der Waals surface area contributed by atoms with Crippen molar-refractivity contribution in [2.45, 2.75) is 6.42 Å². The number of hydrogen-bond acceptors (Lipinski definition) is 3. The zero-order valence-corrected chi connectivity index (χ0v) is 10.4. The maximum absolute atomic E-state index is 10.5. The number of benzene rings is 2. The Morgan fingerprint density at radius 2 is 1.95 bits per heavy atom. The van der Waals surface area contributed by atoms with Gasteiger partial charge in [0.25, 0.3) is 0 Å². The Kier molecular flexibility index (Phi) is 4.27. The molecule has 0 aromatic heterocycles. The number of allylic oxidation sites excluding steroid dienone is 1. The Morgan fingerprint density at radius 3 is 2.63 bits per heavy atom. The molecule has 0 saturated heterocycles. The summed E-state index contributed by atoms with van der Waals surface area (Å²) in [5.74, 6) is 1.26. The van der Waals surface area contributed by atoms with Crippen LogP contribution in [0.5, 0.6) is 11.5 Å². The van der Waals surface area contributed by atoms with Gasteiger partial charge >= 0.3 is 0 Å². The van der Waals surface area contributed by atoms with Crippen molar-refractivity contribution in [1.29, 1.82) is 0 Å². The van der Waals surface area contributed by atoms with Crippen molar-refractivity contribution >= 4 is 11.8 Å². The first kappa shape index (κ1) is 12.8. The van der Waals surface area contributed by atoms with Crippen LogP contribution in [0.4, 0.5) is 5.69 Å². The summed E-state index contributed by atoms with van der Waals surface area (Å²) in [6.45, 7) is 3.72. The number of rotatable bonds is 5. The molecule has 0 saturated carbocycles. The maximum Gasteiger partial charge on any atom is 0.240 e. The SMILES string of the molecule is C=CCc1cccc(N=C=O)c1Oc1ccccc1. The third-order valence-corrected chi connectivity index (χ3v) is 2.57. The fourth-order valence-electron chi connectivity index (χ4n) is 1.75. The standard InChI is InChI=1S/C16H13NO2/c1-2-7-13-8-6-11-15(17-12-18)16(13)19-14-9-4-3-5-10-14/h2-6,8-11H,1,7H2. The van der Waals surface area contributed by atoms with E-state index in [4.69, 9.17) is 4.74 Å². The number of aliphatic imine (C=N–C) groups is 1. The van der Waals surface area contributed by atoms with Crippen molar-refractivity contribution in [1.82, 2.24) is 0 Å². The lowest BCUT2D eigenvalue weighted by Crippen LogP contribution is -1.91. The summed E-state index contributed by atoms with van der Waals surface area (Å²) in [7, 11) is 0. The summed E-state index contributed by atoms with van der Waals surface area (Å²) < 4.78 is 5.83. The highest BCUT2D eigenvalue weighted by atomic mass is 16.5. The summed E-state index contributed by atoms with van der Waals surface area (Å²) in [5.41, 5.74) is 1.40. The van der Waals surface area contributed by atoms with Crippen molar-refractivity contribution in [3.63, 3.8) is 0 Å². The van der Waals surface area contributed by atoms with Gasteiger partial charge in [-0.2, -0.15) is 4.99 Å². The fourth-order valence-corrected chi connectivity index (χ4v) is 1.75. The number of isocyanates is 1. The van der Waals surface area contributed by atoms with E-state index in [0.29, 0.717) is 23.6 Å². The first-order chi connectivity index (χ1) is 9.35. The van der Waals surface area contributed by atoms with E-state index in [1.807, 2.05) is 42.5 Å². The van der Waals surface area contributed by atoms with Crippen LogP contribution in [-0.4, -0.2) is 6.08 Å². The Labute approximate surface area is 111 Å². The van der Waals surface area contributed by atoms with Crippen molar-refractivity contribution < 1.29 is 9.53 Å². The topological polar surface area (TPSA) is 38.7 Å². The zero-order valence-electron chi connectivity index (χ0n) is 10.4. The number of para-hydroxylation sites is 2. The van der Waals surface area contributed by atoms with Crippen molar-refractivity contribution in [2.75, 3.05) is 0 Å². The smallest absolute Gasteiger partial charge is 0.240 e. The van der Waals surface area contributed by atoms with E-state index in [2.05, 4.69) is 11.6 Å². The lowest BCUT2D eigenvalue weighted by Gasteiger charge is -2.11. The minimum absolute atomic E-state index is 0.471. The second kappa shape index (κ2) is 6.34. The number of ether oxygens (including phenoxy) is 1. The Hall–Kier alpha value is -2.64. The van der Waals surface area contributed by atoms with E-state index < -0.39 is 0 Å². The molecular weight excluding hydrogens is 238 g/mol. The normalized spacial score (nSPS) is 9.47. The molecule has 3 nitrogen and oxygen atoms in total. The molecule has 0 atom stereocenters. The molecule has 2 rings (SSSR count). The zero-order chi connectivity index (χ0) is 13.5. The molecule has 0 radical (unpaired) electrons. The van der Waals surface area contributed by atoms with Crippen LogP contribution in [0.15, 0.2) is 66.2 Å². The second-order valence-corrected chi connectivity index (χ2v) is 3.88. The summed E-state index contributed by atoms with van der Waals surface area (Å²) >= 11 is 0. The molecule has 0 heterocycles. The summed E-state index contributed by atoms with van der Waals surface area (Å²) in [6, 6.07) is 14.8. The molecule has 0 amide bonds. The van der Waals surface area contributed by atoms with E-state index in [1.54, 1.807) is 18.2 Å². The molecule has 0 spiro atoms. The lowest BCUT2D eigenvalue weighted by molar-refractivity contribution is 0.479. The predicted molar refractivity (Wildman–Crippen MR) is 74.6 cm³/mol. The second-order valence-electron chi connectivity index (χ2n) is 3.88. The van der Waals surface area contributed by atoms with Gasteiger partial charge in [-0.05, 0) is 24.6 Å². The third kappa shape index (κ3) is 3.18. The number of nitrogens with zero attached hydrogens (tertiary/aromatic N) is 1. The van der Waals surface area contributed by atoms with Crippen LogP contribution in [0.1, 0.15) is 5.56 Å². The van der Waals surface area contributed by atoms with E-state index in [9.17, 15) is 4.79 Å². The highest BCUT2D eigenvalue weighted by molar-refractivity contribution is 5.62. The van der Waals surface area contributed by atoms with Crippen molar-refractivity contribution in [2.24, 2.45) is 4.99 Å². The van der Waals surface area contributed by atoms with E-state index >= 15 is 0 Å². The van der Waals surface area contributed by atoms with Gasteiger partial charge in [-0.25, -0.2) is 4.79 Å². The molecule has 2 aromatic rings. The first-order valence-electron chi connectivity index (χ1n) is 5.88. The van der Waals surface area contributed by atoms with E-state index in [-0.39, 0.29) is 0 Å². The van der Waals surface area contributed by atoms with Crippen molar-refractivity contribution in [3.05, 3.63) is 66.7 Å². The monoisotopic (exact) mass is 251 g/mol. The maximum atomic E-state index is 10.5. The van der Waals surface area contributed by atoms with Crippen LogP contribution in [0.25, 0.3) is 0 Å². The lowest BCUT2D eigenvalue weighted by atomic mass is 10.1. The molecular formula is C16H13NO2. The minimum atomic E-state index is 0.471. The van der Waals surface area contributed by atoms with Gasteiger partial charge in [0.15, 0.2) is 5.75 Å². The summed E-state index contributed by atoms with van der Waals surface area (Å²) in [5, 5.41) is 0. The summed E-state index contributed by atoms with van der Waals surface area (Å²) in [4.78, 5) is 14.2. The molecule has 0 aliphatic rings. The fraction of sp³-hybridized carbons (Fsp3) is 0.0625. The van der Waals surface area contributed by atoms with E-state index in [1.165, 1.54) is 0 Å². The van der Waals surface area contributed by atoms with Gasteiger partial charge in [0.2, 0.25) is 6.08 Å². The van der Waals surface area contributed by atoms with Crippen molar-refractivity contribution in [3.8, 4) is 11.5 Å². The Morgan fingerprint density at radius 1 is 1.16 bits per heavy atom. The molecule has 2 aromatic carbocycles. The molecule has 3 heteroatoms. The van der Waals surface area contributed by atoms with Gasteiger partial charge in [-0.1, -0.05) is 36.4 Å². The molecule has 0 aliphatic carbocycles. The van der Waals surface area contributed by atoms with Crippen LogP contribution in [-0.2, 0) is 11.2 Å². The van der Waals surface area contributed by atoms with Gasteiger partial charge in [-0.3, -0.25) is 0 Å². The quantitative estimate of drug-likeness (QED) is 0.454. The van der Waals surface area contributed by atoms with Crippen LogP contribution in [0, 0.1) is 0 Å². The van der Waals surface area contributed by atoms with Gasteiger partial charge in [0.05, 0.1) is 0 Å². The molecule has 0 bridgehead atoms. The number of hydrogen-bond donors (Lipinski definition) is 0. The average molecular weight is 251 g/mol. The molecule has 19 heavy (non-hydrogen) atoms. The third-order valence-electron chi connectivity index (χ3n) is 2.57. The molecule has 0 aliphatic heterocycles. The van der Waals surface area contributed by atoms with Crippen LogP contribution < -0.4 is 4.74 Å². The van der Waals surface area contributed by atoms with Gasteiger partial charge in [0, 0.05) is 5.56 Å². The molecule has 0 fully saturated rings. The first-order valence-corrected chi connectivity index (χ1v) is 5.88. The van der Waals surface area contributed by atoms with Gasteiger partial charge < -0.3 is 4.74 Å².